The molecule has 2 aliphatic rings. The average molecular weight is 270 g/mol. The quantitative estimate of drug-likeness (QED) is 0.395. The topological polar surface area (TPSA) is 25.1 Å². The van der Waals surface area contributed by atoms with Crippen molar-refractivity contribution in [3.8, 4) is 0 Å². The minimum atomic E-state index is -2.16. The molecule has 4 atom stereocenters. The van der Waals surface area contributed by atoms with E-state index < -0.39 is 23.4 Å². The van der Waals surface area contributed by atoms with Crippen molar-refractivity contribution in [3.05, 3.63) is 0 Å². The third-order valence-corrected chi connectivity index (χ3v) is 3.70. The van der Waals surface area contributed by atoms with Crippen LogP contribution in [0, 0.1) is 0 Å². The number of unbranched alkanes of at least 4 members (excludes halogenated alkanes) is 3. The number of halogens is 4. The molecule has 2 nitrogen and oxygen atoms in total. The third-order valence-electron chi connectivity index (χ3n) is 3.70. The van der Waals surface area contributed by atoms with Crippen molar-refractivity contribution >= 4 is 0 Å². The lowest BCUT2D eigenvalue weighted by atomic mass is 10.0. The number of rotatable bonds is 7. The van der Waals surface area contributed by atoms with Crippen LogP contribution in [0.25, 0.3) is 0 Å². The minimum Gasteiger partial charge on any atom is -0.299 e. The van der Waals surface area contributed by atoms with Crippen molar-refractivity contribution in [2.45, 2.75) is 75.8 Å². The first-order valence-electron chi connectivity index (χ1n) is 6.28. The average Bonchev–Trinajstić information content (AvgIpc) is 2.90. The van der Waals surface area contributed by atoms with Crippen molar-refractivity contribution in [2.24, 2.45) is 0 Å². The summed E-state index contributed by atoms with van der Waals surface area (Å²) in [7, 11) is 0. The fourth-order valence-electron chi connectivity index (χ4n) is 2.16. The van der Waals surface area contributed by atoms with Gasteiger partial charge in [0.25, 0.3) is 23.4 Å². The summed E-state index contributed by atoms with van der Waals surface area (Å²) in [5.74, 6) is -8.61. The van der Waals surface area contributed by atoms with E-state index in [0.717, 1.165) is 13.8 Å². The van der Waals surface area contributed by atoms with Gasteiger partial charge in [0.05, 0.1) is 0 Å². The molecule has 6 heteroatoms. The highest BCUT2D eigenvalue weighted by Gasteiger charge is 2.70. The summed E-state index contributed by atoms with van der Waals surface area (Å²) < 4.78 is 61.3. The smallest absolute Gasteiger partial charge is 0.271 e. The van der Waals surface area contributed by atoms with Gasteiger partial charge in [-0.25, -0.2) is 17.6 Å². The van der Waals surface area contributed by atoms with E-state index in [0.29, 0.717) is 25.7 Å². The third kappa shape index (κ3) is 2.50. The van der Waals surface area contributed by atoms with Crippen LogP contribution in [-0.4, -0.2) is 23.4 Å². The minimum absolute atomic E-state index is 0.00189. The van der Waals surface area contributed by atoms with Crippen LogP contribution < -0.4 is 0 Å². The molecule has 2 rings (SSSR count). The van der Waals surface area contributed by atoms with Gasteiger partial charge in [0.1, 0.15) is 0 Å². The second kappa shape index (κ2) is 4.07. The number of ether oxygens (including phenoxy) is 2. The molecule has 0 bridgehead atoms. The zero-order valence-corrected chi connectivity index (χ0v) is 10.6. The van der Waals surface area contributed by atoms with Crippen molar-refractivity contribution in [3.63, 3.8) is 0 Å². The Morgan fingerprint density at radius 3 is 1.17 bits per heavy atom. The molecule has 0 aromatic rings. The Balaban J connectivity index is 1.51. The zero-order chi connectivity index (χ0) is 13.7. The van der Waals surface area contributed by atoms with E-state index in [-0.39, 0.29) is 12.8 Å². The van der Waals surface area contributed by atoms with Crippen molar-refractivity contribution in [2.75, 3.05) is 0 Å². The highest BCUT2D eigenvalue weighted by Crippen LogP contribution is 2.54. The van der Waals surface area contributed by atoms with E-state index in [9.17, 15) is 17.6 Å². The van der Waals surface area contributed by atoms with Crippen LogP contribution in [0.4, 0.5) is 17.6 Å². The molecule has 2 fully saturated rings. The van der Waals surface area contributed by atoms with Crippen LogP contribution in [0.1, 0.15) is 52.4 Å². The molecule has 106 valence electrons. The van der Waals surface area contributed by atoms with Crippen LogP contribution in [0.5, 0.6) is 0 Å². The van der Waals surface area contributed by atoms with E-state index in [1.165, 1.54) is 0 Å². The van der Waals surface area contributed by atoms with E-state index in [1.807, 2.05) is 0 Å². The summed E-state index contributed by atoms with van der Waals surface area (Å²) >= 11 is 0. The number of hydrogen-bond acceptors (Lipinski definition) is 2. The van der Waals surface area contributed by atoms with Gasteiger partial charge in [-0.2, -0.15) is 0 Å². The van der Waals surface area contributed by atoms with E-state index in [2.05, 4.69) is 9.47 Å². The molecular formula is C12H18F4O2. The van der Waals surface area contributed by atoms with Gasteiger partial charge < -0.3 is 0 Å². The summed E-state index contributed by atoms with van der Waals surface area (Å²) in [6.07, 6.45) is 2.18. The molecule has 0 aromatic carbocycles. The molecule has 2 heterocycles. The highest BCUT2D eigenvalue weighted by molar-refractivity contribution is 4.98. The van der Waals surface area contributed by atoms with Crippen LogP contribution in [0.3, 0.4) is 0 Å². The lowest BCUT2D eigenvalue weighted by Crippen LogP contribution is -2.13. The molecule has 4 unspecified atom stereocenters. The second-order valence-corrected chi connectivity index (χ2v) is 5.41. The fourth-order valence-corrected chi connectivity index (χ4v) is 2.16. The van der Waals surface area contributed by atoms with Crippen LogP contribution in [-0.2, 0) is 9.47 Å². The Bertz CT molecular complexity index is 302. The molecule has 0 saturated carbocycles. The van der Waals surface area contributed by atoms with E-state index >= 15 is 0 Å². The number of epoxide rings is 2. The van der Waals surface area contributed by atoms with Gasteiger partial charge in [0.15, 0.2) is 0 Å². The summed E-state index contributed by atoms with van der Waals surface area (Å²) in [5.41, 5.74) is 0. The van der Waals surface area contributed by atoms with Gasteiger partial charge in [-0.05, 0) is 12.8 Å². The normalized spacial score (nSPS) is 50.3. The maximum atomic E-state index is 13.4. The molecule has 0 amide bonds. The van der Waals surface area contributed by atoms with Crippen molar-refractivity contribution in [1.29, 1.82) is 0 Å². The SMILES string of the molecule is CC1(F)OC1(F)CCCCCCC1(F)OC1(C)F. The second-order valence-electron chi connectivity index (χ2n) is 5.41. The van der Waals surface area contributed by atoms with Gasteiger partial charge in [0.2, 0.25) is 0 Å². The maximum Gasteiger partial charge on any atom is 0.271 e. The predicted octanol–water partition coefficient (Wildman–Crippen LogP) is 4.09. The van der Waals surface area contributed by atoms with Crippen molar-refractivity contribution in [1.82, 2.24) is 0 Å². The first-order chi connectivity index (χ1) is 8.12. The largest absolute Gasteiger partial charge is 0.299 e. The molecular weight excluding hydrogens is 252 g/mol. The predicted molar refractivity (Wildman–Crippen MR) is 56.6 cm³/mol. The van der Waals surface area contributed by atoms with Gasteiger partial charge >= 0.3 is 0 Å². The number of hydrogen-bond donors (Lipinski definition) is 0. The molecule has 0 N–H and O–H groups in total. The Labute approximate surface area is 104 Å². The molecule has 2 saturated heterocycles. The summed E-state index contributed by atoms with van der Waals surface area (Å²) in [6.45, 7) is 2.12. The van der Waals surface area contributed by atoms with Crippen molar-refractivity contribution < 1.29 is 27.0 Å². The molecule has 0 radical (unpaired) electrons. The summed E-state index contributed by atoms with van der Waals surface area (Å²) in [5, 5.41) is 0. The van der Waals surface area contributed by atoms with E-state index in [1.54, 1.807) is 0 Å². The van der Waals surface area contributed by atoms with Gasteiger partial charge in [-0.15, -0.1) is 0 Å². The van der Waals surface area contributed by atoms with E-state index in [4.69, 9.17) is 0 Å². The Kier molecular flexibility index (Phi) is 3.18. The highest BCUT2D eigenvalue weighted by atomic mass is 19.2. The summed E-state index contributed by atoms with van der Waals surface area (Å²) in [4.78, 5) is 0. The first-order valence-corrected chi connectivity index (χ1v) is 6.28. The van der Waals surface area contributed by atoms with Crippen LogP contribution in [0.15, 0.2) is 0 Å². The lowest BCUT2D eigenvalue weighted by Gasteiger charge is -2.05. The monoisotopic (exact) mass is 270 g/mol. The lowest BCUT2D eigenvalue weighted by molar-refractivity contribution is 0.119. The Morgan fingerprint density at radius 1 is 0.667 bits per heavy atom. The van der Waals surface area contributed by atoms with Gasteiger partial charge in [-0.3, -0.25) is 9.47 Å². The van der Waals surface area contributed by atoms with Gasteiger partial charge in [0, 0.05) is 26.7 Å². The van der Waals surface area contributed by atoms with Gasteiger partial charge in [-0.1, -0.05) is 12.8 Å². The van der Waals surface area contributed by atoms with Crippen LogP contribution >= 0.6 is 0 Å². The molecule has 0 aliphatic carbocycles. The maximum absolute atomic E-state index is 13.4. The number of alkyl halides is 4. The van der Waals surface area contributed by atoms with Crippen LogP contribution in [0.2, 0.25) is 0 Å². The fraction of sp³-hybridized carbons (Fsp3) is 1.00. The molecule has 0 aromatic heterocycles. The zero-order valence-electron chi connectivity index (χ0n) is 10.6. The Hall–Kier alpha value is -0.360. The first kappa shape index (κ1) is 14.1. The molecule has 0 spiro atoms. The molecule has 2 aliphatic heterocycles. The summed E-state index contributed by atoms with van der Waals surface area (Å²) in [6, 6.07) is 0. The standard InChI is InChI=1S/C12H18F4O2/c1-9(13)11(15,17-9)7-5-3-4-6-8-12(16)10(2,14)18-12/h3-8H2,1-2H3. The molecule has 18 heavy (non-hydrogen) atoms. The Morgan fingerprint density at radius 2 is 0.944 bits per heavy atom.